The molecule has 0 amide bonds. The molecule has 0 aromatic heterocycles. The van der Waals surface area contributed by atoms with Crippen molar-refractivity contribution in [2.75, 3.05) is 5.32 Å². The third-order valence-electron chi connectivity index (χ3n) is 2.08. The van der Waals surface area contributed by atoms with Crippen LogP contribution >= 0.6 is 0 Å². The quantitative estimate of drug-likeness (QED) is 0.765. The lowest BCUT2D eigenvalue weighted by molar-refractivity contribution is 1.55. The van der Waals surface area contributed by atoms with Crippen molar-refractivity contribution in [2.45, 2.75) is 0 Å². The predicted molar refractivity (Wildman–Crippen MR) is 64.1 cm³/mol. The molecule has 72 valence electrons. The van der Waals surface area contributed by atoms with E-state index >= 15 is 0 Å². The summed E-state index contributed by atoms with van der Waals surface area (Å²) >= 11 is 0. The van der Waals surface area contributed by atoms with Gasteiger partial charge in [0, 0.05) is 23.5 Å². The molecule has 0 radical (unpaired) electrons. The van der Waals surface area contributed by atoms with E-state index in [2.05, 4.69) is 10.2 Å². The Kier molecular flexibility index (Phi) is 2.66. The number of para-hydroxylation sites is 1. The number of hydrogen-bond donors (Lipinski definition) is 1. The maximum Gasteiger partial charge on any atom is 0.340 e. The molecule has 0 fully saturated rings. The lowest BCUT2D eigenvalue weighted by atomic mass is 10.2. The molecule has 0 aliphatic carbocycles. The Balaban J connectivity index is 2.16. The number of rotatable bonds is 2. The third-order valence-corrected chi connectivity index (χ3v) is 2.08. The Hall–Kier alpha value is -2.27. The zero-order chi connectivity index (χ0) is 10.5. The van der Waals surface area contributed by atoms with Gasteiger partial charge in [-0.3, -0.25) is 0 Å². The Labute approximate surface area is 89.0 Å². The van der Waals surface area contributed by atoms with Gasteiger partial charge in [-0.05, 0) is 29.1 Å². The van der Waals surface area contributed by atoms with E-state index in [9.17, 15) is 0 Å². The predicted octanol–water partition coefficient (Wildman–Crippen LogP) is 4.02. The summed E-state index contributed by atoms with van der Waals surface area (Å²) in [6.45, 7) is 5.16. The molecule has 2 nitrogen and oxygen atoms in total. The number of benzene rings is 2. The fourth-order valence-corrected chi connectivity index (χ4v) is 1.32. The van der Waals surface area contributed by atoms with Crippen LogP contribution in [0.3, 0.4) is 0 Å². The first-order valence-electron chi connectivity index (χ1n) is 4.71. The third kappa shape index (κ3) is 2.35. The summed E-state index contributed by atoms with van der Waals surface area (Å²) < 4.78 is 0. The van der Waals surface area contributed by atoms with Gasteiger partial charge in [0.2, 0.25) is 0 Å². The summed E-state index contributed by atoms with van der Waals surface area (Å²) in [5.74, 6) is 0. The van der Waals surface area contributed by atoms with Gasteiger partial charge in [0.15, 0.2) is 0 Å². The van der Waals surface area contributed by atoms with Gasteiger partial charge in [0.05, 0.1) is 0 Å². The van der Waals surface area contributed by atoms with Gasteiger partial charge in [-0.1, -0.05) is 18.2 Å². The van der Waals surface area contributed by atoms with Crippen LogP contribution in [0.25, 0.3) is 4.85 Å². The molecule has 2 aromatic carbocycles. The van der Waals surface area contributed by atoms with Crippen LogP contribution in [-0.2, 0) is 0 Å². The van der Waals surface area contributed by atoms with Gasteiger partial charge in [0.25, 0.3) is 6.57 Å². The summed E-state index contributed by atoms with van der Waals surface area (Å²) in [4.78, 5) is 3.59. The standard InChI is InChI=1S/C13H11N2/c1-14-11-7-9-13(10-8-11)15-12-5-3-2-4-6-12/h1-10,15H/q+1. The van der Waals surface area contributed by atoms with Crippen molar-refractivity contribution in [3.63, 3.8) is 0 Å². The second kappa shape index (κ2) is 4.30. The highest BCUT2D eigenvalue weighted by atomic mass is 14.9. The summed E-state index contributed by atoms with van der Waals surface area (Å²) in [7, 11) is 0. The molecule has 0 atom stereocenters. The van der Waals surface area contributed by atoms with Crippen LogP contribution in [0.15, 0.2) is 54.6 Å². The number of nitrogens with zero attached hydrogens (tertiary/aromatic N) is 1. The maximum atomic E-state index is 5.16. The van der Waals surface area contributed by atoms with Crippen LogP contribution in [0.2, 0.25) is 0 Å². The summed E-state index contributed by atoms with van der Waals surface area (Å²) in [6, 6.07) is 17.6. The molecule has 0 aliphatic rings. The highest BCUT2D eigenvalue weighted by Crippen LogP contribution is 2.19. The van der Waals surface area contributed by atoms with Crippen molar-refractivity contribution in [3.8, 4) is 6.57 Å². The molecule has 15 heavy (non-hydrogen) atoms. The molecule has 2 heteroatoms. The molecule has 0 aliphatic heterocycles. The smallest absolute Gasteiger partial charge is 0.340 e. The lowest BCUT2D eigenvalue weighted by Gasteiger charge is -2.04. The second-order valence-corrected chi connectivity index (χ2v) is 3.17. The highest BCUT2D eigenvalue weighted by molar-refractivity contribution is 5.62. The fraction of sp³-hybridized carbons (Fsp3) is 0. The molecule has 0 saturated carbocycles. The normalized spacial score (nSPS) is 9.27. The van der Waals surface area contributed by atoms with E-state index in [1.165, 1.54) is 0 Å². The van der Waals surface area contributed by atoms with Gasteiger partial charge in [-0.25, -0.2) is 0 Å². The topological polar surface area (TPSA) is 16.4 Å². The Morgan fingerprint density at radius 2 is 1.40 bits per heavy atom. The molecular weight excluding hydrogens is 184 g/mol. The maximum absolute atomic E-state index is 5.16. The van der Waals surface area contributed by atoms with Crippen LogP contribution < -0.4 is 5.32 Å². The molecule has 0 unspecified atom stereocenters. The first kappa shape index (κ1) is 9.29. The summed E-state index contributed by atoms with van der Waals surface area (Å²) in [5, 5.41) is 3.27. The van der Waals surface area contributed by atoms with Gasteiger partial charge < -0.3 is 5.32 Å². The molecule has 0 spiro atoms. The largest absolute Gasteiger partial charge is 0.356 e. The van der Waals surface area contributed by atoms with Gasteiger partial charge >= 0.3 is 5.69 Å². The van der Waals surface area contributed by atoms with Crippen molar-refractivity contribution < 1.29 is 0 Å². The van der Waals surface area contributed by atoms with Crippen molar-refractivity contribution >= 4 is 17.1 Å². The van der Waals surface area contributed by atoms with Crippen LogP contribution in [0, 0.1) is 6.57 Å². The SMILES string of the molecule is C#[N+]c1ccc(Nc2ccccc2)cc1. The monoisotopic (exact) mass is 195 g/mol. The Morgan fingerprint density at radius 1 is 0.800 bits per heavy atom. The molecule has 2 rings (SSSR count). The minimum atomic E-state index is 0.772. The average Bonchev–Trinajstić information content (AvgIpc) is 2.31. The first-order valence-corrected chi connectivity index (χ1v) is 4.71. The number of nitrogens with one attached hydrogen (secondary N) is 1. The van der Waals surface area contributed by atoms with Gasteiger partial charge in [0.1, 0.15) is 0 Å². The van der Waals surface area contributed by atoms with Crippen molar-refractivity contribution in [3.05, 3.63) is 59.4 Å². The molecule has 1 N–H and O–H groups in total. The van der Waals surface area contributed by atoms with E-state index in [-0.39, 0.29) is 0 Å². The molecule has 0 saturated heterocycles. The average molecular weight is 195 g/mol. The minimum absolute atomic E-state index is 0.772. The Morgan fingerprint density at radius 3 is 2.00 bits per heavy atom. The number of anilines is 2. The fourth-order valence-electron chi connectivity index (χ4n) is 1.32. The van der Waals surface area contributed by atoms with E-state index in [1.807, 2.05) is 54.6 Å². The van der Waals surface area contributed by atoms with E-state index < -0.39 is 0 Å². The van der Waals surface area contributed by atoms with Crippen LogP contribution in [0.1, 0.15) is 0 Å². The van der Waals surface area contributed by atoms with Crippen LogP contribution in [-0.4, -0.2) is 0 Å². The zero-order valence-electron chi connectivity index (χ0n) is 8.22. The lowest BCUT2D eigenvalue weighted by Crippen LogP contribution is -1.88. The zero-order valence-corrected chi connectivity index (χ0v) is 8.22. The van der Waals surface area contributed by atoms with E-state index in [1.54, 1.807) is 0 Å². The van der Waals surface area contributed by atoms with E-state index in [0.29, 0.717) is 0 Å². The van der Waals surface area contributed by atoms with Crippen LogP contribution in [0.4, 0.5) is 17.1 Å². The van der Waals surface area contributed by atoms with Gasteiger partial charge in [-0.15, -0.1) is 0 Å². The van der Waals surface area contributed by atoms with Crippen molar-refractivity contribution in [2.24, 2.45) is 0 Å². The minimum Gasteiger partial charge on any atom is -0.356 e. The summed E-state index contributed by atoms with van der Waals surface area (Å²) in [6.07, 6.45) is 0. The highest BCUT2D eigenvalue weighted by Gasteiger charge is 1.99. The van der Waals surface area contributed by atoms with Crippen molar-refractivity contribution in [1.29, 1.82) is 0 Å². The molecule has 0 heterocycles. The first-order chi connectivity index (χ1) is 7.38. The van der Waals surface area contributed by atoms with Crippen molar-refractivity contribution in [1.82, 2.24) is 0 Å². The molecule has 2 aromatic rings. The summed E-state index contributed by atoms with van der Waals surface area (Å²) in [5.41, 5.74) is 2.86. The van der Waals surface area contributed by atoms with Gasteiger partial charge in [-0.2, -0.15) is 0 Å². The molecular formula is C13H11N2+. The molecule has 0 bridgehead atoms. The second-order valence-electron chi connectivity index (χ2n) is 3.17. The Bertz CT molecular complexity index is 466. The van der Waals surface area contributed by atoms with E-state index in [4.69, 9.17) is 6.57 Å². The van der Waals surface area contributed by atoms with Crippen LogP contribution in [0.5, 0.6) is 0 Å². The number of hydrogen-bond acceptors (Lipinski definition) is 1. The van der Waals surface area contributed by atoms with E-state index in [0.717, 1.165) is 17.1 Å².